The summed E-state index contributed by atoms with van der Waals surface area (Å²) in [7, 11) is 0. The lowest BCUT2D eigenvalue weighted by atomic mass is 10.3. The number of aldehydes is 1. The second-order valence-electron chi connectivity index (χ2n) is 2.27. The molecule has 0 aliphatic heterocycles. The number of nitrogens with zero attached hydrogens (tertiary/aromatic N) is 2. The Labute approximate surface area is 71.0 Å². The zero-order valence-corrected chi connectivity index (χ0v) is 6.95. The molecule has 0 aromatic carbocycles. The molecule has 1 aromatic heterocycles. The van der Waals surface area contributed by atoms with Crippen LogP contribution in [0.15, 0.2) is 12.3 Å². The molecule has 4 heteroatoms. The number of hydrogen-bond acceptors (Lipinski definition) is 4. The molecule has 0 fully saturated rings. The molecular formula is C8H11N3O. The van der Waals surface area contributed by atoms with Crippen molar-refractivity contribution in [3.05, 3.63) is 18.0 Å². The van der Waals surface area contributed by atoms with Gasteiger partial charge >= 0.3 is 0 Å². The fraction of sp³-hybridized carbons (Fsp3) is 0.375. The number of rotatable bonds is 4. The largest absolute Gasteiger partial charge is 0.354 e. The summed E-state index contributed by atoms with van der Waals surface area (Å²) in [5.74, 6) is 0.580. The van der Waals surface area contributed by atoms with E-state index in [0.717, 1.165) is 18.5 Å². The molecular weight excluding hydrogens is 154 g/mol. The standard InChI is InChI=1S/C8H11N3O/c1-2-9-8-10-5-3-7(11-8)4-6-12/h3,5-6H,2,4H2,1H3,(H,9,10,11). The highest BCUT2D eigenvalue weighted by Crippen LogP contribution is 1.99. The van der Waals surface area contributed by atoms with Gasteiger partial charge in [0.15, 0.2) is 0 Å². The van der Waals surface area contributed by atoms with Gasteiger partial charge in [-0.2, -0.15) is 0 Å². The third-order valence-corrected chi connectivity index (χ3v) is 1.34. The number of aromatic nitrogens is 2. The van der Waals surface area contributed by atoms with Gasteiger partial charge in [-0.1, -0.05) is 0 Å². The van der Waals surface area contributed by atoms with Crippen LogP contribution in [0.25, 0.3) is 0 Å². The first-order chi connectivity index (χ1) is 5.86. The lowest BCUT2D eigenvalue weighted by molar-refractivity contribution is -0.107. The maximum absolute atomic E-state index is 10.2. The summed E-state index contributed by atoms with van der Waals surface area (Å²) in [6.07, 6.45) is 2.82. The van der Waals surface area contributed by atoms with Crippen molar-refractivity contribution in [1.82, 2.24) is 9.97 Å². The third-order valence-electron chi connectivity index (χ3n) is 1.34. The zero-order valence-electron chi connectivity index (χ0n) is 6.95. The van der Waals surface area contributed by atoms with Crippen molar-refractivity contribution in [2.75, 3.05) is 11.9 Å². The number of anilines is 1. The quantitative estimate of drug-likeness (QED) is 0.665. The summed E-state index contributed by atoms with van der Waals surface area (Å²) < 4.78 is 0. The molecule has 0 atom stereocenters. The van der Waals surface area contributed by atoms with Crippen LogP contribution >= 0.6 is 0 Å². The van der Waals surface area contributed by atoms with E-state index in [1.54, 1.807) is 12.3 Å². The topological polar surface area (TPSA) is 54.9 Å². The number of hydrogen-bond donors (Lipinski definition) is 1. The second-order valence-corrected chi connectivity index (χ2v) is 2.27. The van der Waals surface area contributed by atoms with Crippen molar-refractivity contribution in [2.24, 2.45) is 0 Å². The highest BCUT2D eigenvalue weighted by atomic mass is 16.1. The van der Waals surface area contributed by atoms with Gasteiger partial charge in [0, 0.05) is 19.2 Å². The molecule has 0 saturated heterocycles. The summed E-state index contributed by atoms with van der Waals surface area (Å²) in [6, 6.07) is 1.73. The molecule has 0 aliphatic carbocycles. The molecule has 0 bridgehead atoms. The molecule has 0 saturated carbocycles. The Kier molecular flexibility index (Phi) is 3.19. The Morgan fingerprint density at radius 3 is 3.17 bits per heavy atom. The SMILES string of the molecule is CCNc1nccc(CC=O)n1. The van der Waals surface area contributed by atoms with E-state index < -0.39 is 0 Å². The first-order valence-electron chi connectivity index (χ1n) is 3.86. The molecule has 1 heterocycles. The maximum atomic E-state index is 10.2. The van der Waals surface area contributed by atoms with E-state index in [0.29, 0.717) is 12.4 Å². The van der Waals surface area contributed by atoms with Crippen molar-refractivity contribution in [3.8, 4) is 0 Å². The number of nitrogens with one attached hydrogen (secondary N) is 1. The molecule has 12 heavy (non-hydrogen) atoms. The van der Waals surface area contributed by atoms with Crippen LogP contribution in [0.4, 0.5) is 5.95 Å². The number of carbonyl (C=O) groups is 1. The monoisotopic (exact) mass is 165 g/mol. The molecule has 0 aliphatic rings. The van der Waals surface area contributed by atoms with Crippen molar-refractivity contribution in [2.45, 2.75) is 13.3 Å². The lowest BCUT2D eigenvalue weighted by Gasteiger charge is -2.00. The third kappa shape index (κ3) is 2.30. The van der Waals surface area contributed by atoms with Gasteiger partial charge in [-0.15, -0.1) is 0 Å². The maximum Gasteiger partial charge on any atom is 0.222 e. The van der Waals surface area contributed by atoms with Crippen LogP contribution in [-0.2, 0) is 11.2 Å². The Morgan fingerprint density at radius 1 is 1.67 bits per heavy atom. The van der Waals surface area contributed by atoms with E-state index in [1.807, 2.05) is 6.92 Å². The van der Waals surface area contributed by atoms with Crippen molar-refractivity contribution in [1.29, 1.82) is 0 Å². The summed E-state index contributed by atoms with van der Waals surface area (Å²) >= 11 is 0. The van der Waals surface area contributed by atoms with E-state index in [-0.39, 0.29) is 0 Å². The Balaban J connectivity index is 2.73. The summed E-state index contributed by atoms with van der Waals surface area (Å²) in [5, 5.41) is 2.97. The average molecular weight is 165 g/mol. The normalized spacial score (nSPS) is 9.42. The minimum absolute atomic E-state index is 0.348. The van der Waals surface area contributed by atoms with Gasteiger partial charge < -0.3 is 10.1 Å². The smallest absolute Gasteiger partial charge is 0.222 e. The van der Waals surface area contributed by atoms with Gasteiger partial charge in [-0.05, 0) is 13.0 Å². The van der Waals surface area contributed by atoms with E-state index in [1.165, 1.54) is 0 Å². The number of carbonyl (C=O) groups excluding carboxylic acids is 1. The van der Waals surface area contributed by atoms with Gasteiger partial charge in [0.2, 0.25) is 5.95 Å². The molecule has 1 N–H and O–H groups in total. The van der Waals surface area contributed by atoms with Crippen molar-refractivity contribution < 1.29 is 4.79 Å². The first-order valence-corrected chi connectivity index (χ1v) is 3.86. The molecule has 0 amide bonds. The molecule has 1 aromatic rings. The minimum atomic E-state index is 0.348. The zero-order chi connectivity index (χ0) is 8.81. The van der Waals surface area contributed by atoms with Gasteiger partial charge in [-0.25, -0.2) is 9.97 Å². The molecule has 0 unspecified atom stereocenters. The van der Waals surface area contributed by atoms with Gasteiger partial charge in [0.1, 0.15) is 6.29 Å². The molecule has 0 spiro atoms. The Bertz CT molecular complexity index is 262. The van der Waals surface area contributed by atoms with Crippen LogP contribution in [0, 0.1) is 0 Å². The highest BCUT2D eigenvalue weighted by molar-refractivity contribution is 5.53. The van der Waals surface area contributed by atoms with Crippen LogP contribution in [0.3, 0.4) is 0 Å². The highest BCUT2D eigenvalue weighted by Gasteiger charge is 1.95. The average Bonchev–Trinajstić information content (AvgIpc) is 2.06. The van der Waals surface area contributed by atoms with Crippen LogP contribution in [0.2, 0.25) is 0 Å². The molecule has 64 valence electrons. The van der Waals surface area contributed by atoms with Gasteiger partial charge in [-0.3, -0.25) is 0 Å². The van der Waals surface area contributed by atoms with Crippen molar-refractivity contribution >= 4 is 12.2 Å². The predicted octanol–water partition coefficient (Wildman–Crippen LogP) is 0.650. The fourth-order valence-electron chi connectivity index (χ4n) is 0.838. The van der Waals surface area contributed by atoms with Crippen LogP contribution in [0.1, 0.15) is 12.6 Å². The van der Waals surface area contributed by atoms with Gasteiger partial charge in [0.05, 0.1) is 5.69 Å². The van der Waals surface area contributed by atoms with Crippen molar-refractivity contribution in [3.63, 3.8) is 0 Å². The molecule has 1 rings (SSSR count). The van der Waals surface area contributed by atoms with Gasteiger partial charge in [0.25, 0.3) is 0 Å². The summed E-state index contributed by atoms with van der Waals surface area (Å²) in [6.45, 7) is 2.75. The Morgan fingerprint density at radius 2 is 2.50 bits per heavy atom. The van der Waals surface area contributed by atoms with E-state index in [4.69, 9.17) is 0 Å². The van der Waals surface area contributed by atoms with Crippen LogP contribution < -0.4 is 5.32 Å². The van der Waals surface area contributed by atoms with E-state index >= 15 is 0 Å². The fourth-order valence-corrected chi connectivity index (χ4v) is 0.838. The summed E-state index contributed by atoms with van der Waals surface area (Å²) in [4.78, 5) is 18.2. The first kappa shape index (κ1) is 8.64. The summed E-state index contributed by atoms with van der Waals surface area (Å²) in [5.41, 5.74) is 0.746. The second kappa shape index (κ2) is 4.43. The molecule has 4 nitrogen and oxygen atoms in total. The van der Waals surface area contributed by atoms with Crippen LogP contribution in [-0.4, -0.2) is 22.8 Å². The molecule has 0 radical (unpaired) electrons. The predicted molar refractivity (Wildman–Crippen MR) is 46.0 cm³/mol. The van der Waals surface area contributed by atoms with E-state index in [9.17, 15) is 4.79 Å². The van der Waals surface area contributed by atoms with E-state index in [2.05, 4.69) is 15.3 Å². The Hall–Kier alpha value is -1.45. The minimum Gasteiger partial charge on any atom is -0.354 e. The lowest BCUT2D eigenvalue weighted by Crippen LogP contribution is -2.03. The van der Waals surface area contributed by atoms with Crippen LogP contribution in [0.5, 0.6) is 0 Å².